The number of aliphatic hydroxyl groups is 1. The van der Waals surface area contributed by atoms with E-state index in [1.165, 1.54) is 0 Å². The van der Waals surface area contributed by atoms with Gasteiger partial charge in [0.25, 0.3) is 5.91 Å². The first-order valence-electron chi connectivity index (χ1n) is 3.68. The van der Waals surface area contributed by atoms with E-state index < -0.39 is 6.23 Å². The van der Waals surface area contributed by atoms with Gasteiger partial charge in [0.05, 0.1) is 5.56 Å². The maximum Gasteiger partial charge on any atom is 0.255 e. The fourth-order valence-electron chi connectivity index (χ4n) is 1.40. The lowest BCUT2D eigenvalue weighted by atomic mass is 10.1. The molecule has 13 heavy (non-hydrogen) atoms. The summed E-state index contributed by atoms with van der Waals surface area (Å²) >= 11 is 3.22. The molecule has 5 heteroatoms. The molecule has 4 nitrogen and oxygen atoms in total. The highest BCUT2D eigenvalue weighted by Crippen LogP contribution is 2.33. The third kappa shape index (κ3) is 1.12. The molecule has 1 unspecified atom stereocenters. The minimum atomic E-state index is -0.986. The summed E-state index contributed by atoms with van der Waals surface area (Å²) in [6.07, 6.45) is -0.986. The lowest BCUT2D eigenvalue weighted by Gasteiger charge is -2.06. The SMILES string of the molecule is Nc1ccc(Br)c2c1C(O)NC2=O. The Morgan fingerprint density at radius 1 is 1.54 bits per heavy atom. The largest absolute Gasteiger partial charge is 0.398 e. The van der Waals surface area contributed by atoms with Crippen molar-refractivity contribution in [3.63, 3.8) is 0 Å². The molecule has 0 spiro atoms. The van der Waals surface area contributed by atoms with Crippen LogP contribution in [-0.4, -0.2) is 11.0 Å². The topological polar surface area (TPSA) is 75.3 Å². The van der Waals surface area contributed by atoms with Crippen molar-refractivity contribution in [2.24, 2.45) is 0 Å². The van der Waals surface area contributed by atoms with Gasteiger partial charge in [-0.1, -0.05) is 0 Å². The first-order valence-corrected chi connectivity index (χ1v) is 4.47. The Kier molecular flexibility index (Phi) is 1.78. The van der Waals surface area contributed by atoms with E-state index in [2.05, 4.69) is 21.2 Å². The molecule has 4 N–H and O–H groups in total. The molecule has 0 saturated heterocycles. The fourth-order valence-corrected chi connectivity index (χ4v) is 1.93. The van der Waals surface area contributed by atoms with E-state index >= 15 is 0 Å². The Morgan fingerprint density at radius 3 is 2.85 bits per heavy atom. The Labute approximate surface area is 82.9 Å². The fraction of sp³-hybridized carbons (Fsp3) is 0.125. The second-order valence-corrected chi connectivity index (χ2v) is 3.66. The number of fused-ring (bicyclic) bond motifs is 1. The molecule has 1 aromatic carbocycles. The van der Waals surface area contributed by atoms with Gasteiger partial charge >= 0.3 is 0 Å². The van der Waals surface area contributed by atoms with Crippen molar-refractivity contribution in [1.82, 2.24) is 5.32 Å². The molecular weight excluding hydrogens is 236 g/mol. The second kappa shape index (κ2) is 2.71. The van der Waals surface area contributed by atoms with Crippen LogP contribution < -0.4 is 11.1 Å². The maximum absolute atomic E-state index is 11.3. The molecule has 0 aromatic heterocycles. The predicted octanol–water partition coefficient (Wildman–Crippen LogP) is 0.766. The van der Waals surface area contributed by atoms with Crippen LogP contribution in [0.25, 0.3) is 0 Å². The average molecular weight is 243 g/mol. The number of hydrogen-bond acceptors (Lipinski definition) is 3. The number of hydrogen-bond donors (Lipinski definition) is 3. The molecule has 2 rings (SSSR count). The first kappa shape index (κ1) is 8.52. The average Bonchev–Trinajstić information content (AvgIpc) is 2.36. The molecule has 0 saturated carbocycles. The Balaban J connectivity index is 2.74. The number of anilines is 1. The molecule has 0 bridgehead atoms. The van der Waals surface area contributed by atoms with Gasteiger partial charge in [-0.15, -0.1) is 0 Å². The van der Waals surface area contributed by atoms with Gasteiger partial charge in [-0.05, 0) is 28.1 Å². The van der Waals surface area contributed by atoms with Crippen molar-refractivity contribution in [2.75, 3.05) is 5.73 Å². The van der Waals surface area contributed by atoms with Gasteiger partial charge in [0.2, 0.25) is 0 Å². The third-order valence-corrected chi connectivity index (χ3v) is 2.66. The van der Waals surface area contributed by atoms with E-state index in [1.54, 1.807) is 12.1 Å². The molecule has 1 amide bonds. The van der Waals surface area contributed by atoms with Crippen molar-refractivity contribution >= 4 is 27.5 Å². The van der Waals surface area contributed by atoms with Crippen LogP contribution in [-0.2, 0) is 0 Å². The standard InChI is InChI=1S/C8H7BrN2O2/c9-3-1-2-4(10)6-5(3)7(12)11-8(6)13/h1-2,8,13H,10H2,(H,11,12). The number of carbonyl (C=O) groups is 1. The highest BCUT2D eigenvalue weighted by Gasteiger charge is 2.30. The number of halogens is 1. The van der Waals surface area contributed by atoms with Gasteiger partial charge < -0.3 is 16.2 Å². The number of nitrogen functional groups attached to an aromatic ring is 1. The number of nitrogens with two attached hydrogens (primary N) is 1. The summed E-state index contributed by atoms with van der Waals surface area (Å²) in [6.45, 7) is 0. The Morgan fingerprint density at radius 2 is 2.23 bits per heavy atom. The van der Waals surface area contributed by atoms with Crippen LogP contribution in [0.3, 0.4) is 0 Å². The number of carbonyl (C=O) groups excluding carboxylic acids is 1. The lowest BCUT2D eigenvalue weighted by Crippen LogP contribution is -2.18. The summed E-state index contributed by atoms with van der Waals surface area (Å²) in [6, 6.07) is 3.33. The van der Waals surface area contributed by atoms with Gasteiger partial charge in [-0.2, -0.15) is 0 Å². The quantitative estimate of drug-likeness (QED) is 0.589. The monoisotopic (exact) mass is 242 g/mol. The molecular formula is C8H7BrN2O2. The summed E-state index contributed by atoms with van der Waals surface area (Å²) in [5.74, 6) is -0.304. The summed E-state index contributed by atoms with van der Waals surface area (Å²) in [7, 11) is 0. The highest BCUT2D eigenvalue weighted by molar-refractivity contribution is 9.10. The minimum absolute atomic E-state index is 0.304. The zero-order valence-corrected chi connectivity index (χ0v) is 8.13. The van der Waals surface area contributed by atoms with Gasteiger partial charge in [-0.25, -0.2) is 0 Å². The van der Waals surface area contributed by atoms with Gasteiger partial charge in [-0.3, -0.25) is 4.79 Å². The highest BCUT2D eigenvalue weighted by atomic mass is 79.9. The van der Waals surface area contributed by atoms with E-state index in [0.29, 0.717) is 21.3 Å². The zero-order valence-electron chi connectivity index (χ0n) is 6.54. The van der Waals surface area contributed by atoms with E-state index in [-0.39, 0.29) is 5.91 Å². The van der Waals surface area contributed by atoms with Crippen molar-refractivity contribution in [3.05, 3.63) is 27.7 Å². The van der Waals surface area contributed by atoms with Crippen molar-refractivity contribution in [2.45, 2.75) is 6.23 Å². The maximum atomic E-state index is 11.3. The van der Waals surface area contributed by atoms with Gasteiger partial charge in [0, 0.05) is 15.7 Å². The van der Waals surface area contributed by atoms with Crippen molar-refractivity contribution in [3.8, 4) is 0 Å². The summed E-state index contributed by atoms with van der Waals surface area (Å²) in [4.78, 5) is 11.3. The van der Waals surface area contributed by atoms with Crippen LogP contribution in [0.5, 0.6) is 0 Å². The van der Waals surface area contributed by atoms with E-state index in [1.807, 2.05) is 0 Å². The molecule has 1 aromatic rings. The van der Waals surface area contributed by atoms with Gasteiger partial charge in [0.1, 0.15) is 0 Å². The van der Waals surface area contributed by atoms with Crippen molar-refractivity contribution in [1.29, 1.82) is 0 Å². The third-order valence-electron chi connectivity index (χ3n) is 2.00. The molecule has 68 valence electrons. The normalized spacial score (nSPS) is 19.8. The summed E-state index contributed by atoms with van der Waals surface area (Å²) < 4.78 is 0.644. The number of benzene rings is 1. The lowest BCUT2D eigenvalue weighted by molar-refractivity contribution is 0.0851. The molecule has 1 atom stereocenters. The van der Waals surface area contributed by atoms with Crippen LogP contribution in [0.2, 0.25) is 0 Å². The Bertz CT molecular complexity index is 392. The van der Waals surface area contributed by atoms with E-state index in [0.717, 1.165) is 0 Å². The smallest absolute Gasteiger partial charge is 0.255 e. The van der Waals surface area contributed by atoms with Crippen LogP contribution in [0.4, 0.5) is 5.69 Å². The zero-order chi connectivity index (χ0) is 9.59. The van der Waals surface area contributed by atoms with E-state index in [4.69, 9.17) is 5.73 Å². The minimum Gasteiger partial charge on any atom is -0.398 e. The molecule has 1 aliphatic rings. The number of aliphatic hydroxyl groups excluding tert-OH is 1. The van der Waals surface area contributed by atoms with Crippen LogP contribution >= 0.6 is 15.9 Å². The molecule has 1 heterocycles. The van der Waals surface area contributed by atoms with Crippen molar-refractivity contribution < 1.29 is 9.90 Å². The number of amides is 1. The van der Waals surface area contributed by atoms with Crippen LogP contribution in [0.1, 0.15) is 22.1 Å². The second-order valence-electron chi connectivity index (χ2n) is 2.80. The molecule has 0 radical (unpaired) electrons. The predicted molar refractivity (Wildman–Crippen MR) is 51.0 cm³/mol. The number of nitrogens with one attached hydrogen (secondary N) is 1. The Hall–Kier alpha value is -1.07. The summed E-state index contributed by atoms with van der Waals surface area (Å²) in [5.41, 5.74) is 6.92. The van der Waals surface area contributed by atoms with Crippen LogP contribution in [0, 0.1) is 0 Å². The number of rotatable bonds is 0. The summed E-state index contributed by atoms with van der Waals surface area (Å²) in [5, 5.41) is 11.8. The van der Waals surface area contributed by atoms with Crippen LogP contribution in [0.15, 0.2) is 16.6 Å². The first-order chi connectivity index (χ1) is 6.11. The molecule has 0 aliphatic carbocycles. The molecule has 1 aliphatic heterocycles. The van der Waals surface area contributed by atoms with Gasteiger partial charge in [0.15, 0.2) is 6.23 Å². The molecule has 0 fully saturated rings. The van der Waals surface area contributed by atoms with E-state index in [9.17, 15) is 9.90 Å².